The van der Waals surface area contributed by atoms with Gasteiger partial charge < -0.3 is 10.2 Å². The van der Waals surface area contributed by atoms with E-state index in [0.717, 1.165) is 22.3 Å². The van der Waals surface area contributed by atoms with Crippen LogP contribution in [0.5, 0.6) is 11.5 Å². The molecule has 0 atom stereocenters. The molecule has 0 aliphatic heterocycles. The smallest absolute Gasteiger partial charge is 0.244 e. The van der Waals surface area contributed by atoms with E-state index in [2.05, 4.69) is 10.5 Å². The summed E-state index contributed by atoms with van der Waals surface area (Å²) in [5.74, 6) is -0.00112. The molecule has 5 heteroatoms. The average Bonchev–Trinajstić information content (AvgIpc) is 2.63. The second kappa shape index (κ2) is 8.19. The Morgan fingerprint density at radius 1 is 1.00 bits per heavy atom. The first-order chi connectivity index (χ1) is 13.0. The van der Waals surface area contributed by atoms with Gasteiger partial charge in [0, 0.05) is 5.56 Å². The van der Waals surface area contributed by atoms with Crippen molar-refractivity contribution in [1.29, 1.82) is 0 Å². The number of phenolic OH excluding ortho intramolecular Hbond substituents is 2. The molecule has 3 aromatic rings. The van der Waals surface area contributed by atoms with Gasteiger partial charge in [0.15, 0.2) is 0 Å². The lowest BCUT2D eigenvalue weighted by atomic mass is 9.99. The minimum atomic E-state index is -0.285. The van der Waals surface area contributed by atoms with Crippen molar-refractivity contribution in [2.75, 3.05) is 0 Å². The number of benzene rings is 3. The summed E-state index contributed by atoms with van der Waals surface area (Å²) in [6.07, 6.45) is 1.67. The lowest BCUT2D eigenvalue weighted by Gasteiger charge is -2.08. The van der Waals surface area contributed by atoms with Crippen LogP contribution in [0.15, 0.2) is 71.8 Å². The van der Waals surface area contributed by atoms with Crippen LogP contribution in [-0.4, -0.2) is 22.3 Å². The standard InChI is InChI=1S/C22H20N2O3/c1-15-5-7-17(8-6-15)21-13-20(26)10-9-18(21)14-23-24-22(27)12-16-3-2-4-19(25)11-16/h2-11,13-14,25-26H,12H2,1H3,(H,24,27). The number of hydrazone groups is 1. The average molecular weight is 360 g/mol. The summed E-state index contributed by atoms with van der Waals surface area (Å²) in [4.78, 5) is 12.0. The molecule has 0 spiro atoms. The Morgan fingerprint density at radius 2 is 1.74 bits per heavy atom. The number of amides is 1. The first-order valence-corrected chi connectivity index (χ1v) is 8.51. The Balaban J connectivity index is 1.73. The molecule has 0 saturated heterocycles. The molecule has 5 nitrogen and oxygen atoms in total. The fourth-order valence-corrected chi connectivity index (χ4v) is 2.71. The Kier molecular flexibility index (Phi) is 5.52. The minimum absolute atomic E-state index is 0.117. The van der Waals surface area contributed by atoms with Gasteiger partial charge in [-0.2, -0.15) is 5.10 Å². The molecule has 0 unspecified atom stereocenters. The molecular weight excluding hydrogens is 340 g/mol. The molecule has 0 bridgehead atoms. The molecule has 0 radical (unpaired) electrons. The van der Waals surface area contributed by atoms with Gasteiger partial charge in [-0.3, -0.25) is 4.79 Å². The lowest BCUT2D eigenvalue weighted by Crippen LogP contribution is -2.19. The number of hydrogen-bond donors (Lipinski definition) is 3. The van der Waals surface area contributed by atoms with E-state index in [1.54, 1.807) is 48.7 Å². The molecule has 0 aliphatic carbocycles. The van der Waals surface area contributed by atoms with E-state index < -0.39 is 0 Å². The highest BCUT2D eigenvalue weighted by Gasteiger charge is 2.06. The van der Waals surface area contributed by atoms with Gasteiger partial charge in [0.05, 0.1) is 12.6 Å². The zero-order chi connectivity index (χ0) is 19.2. The molecule has 0 aliphatic rings. The Morgan fingerprint density at radius 3 is 2.48 bits per heavy atom. The highest BCUT2D eigenvalue weighted by molar-refractivity contribution is 5.91. The number of aromatic hydroxyl groups is 2. The SMILES string of the molecule is Cc1ccc(-c2cc(O)ccc2C=NNC(=O)Cc2cccc(O)c2)cc1. The van der Waals surface area contributed by atoms with Crippen LogP contribution in [-0.2, 0) is 11.2 Å². The second-order valence-corrected chi connectivity index (χ2v) is 6.28. The van der Waals surface area contributed by atoms with E-state index in [4.69, 9.17) is 0 Å². The number of phenols is 2. The summed E-state index contributed by atoms with van der Waals surface area (Å²) in [7, 11) is 0. The van der Waals surface area contributed by atoms with Crippen LogP contribution in [0.25, 0.3) is 11.1 Å². The molecule has 27 heavy (non-hydrogen) atoms. The van der Waals surface area contributed by atoms with Crippen molar-refractivity contribution in [3.63, 3.8) is 0 Å². The minimum Gasteiger partial charge on any atom is -0.508 e. The van der Waals surface area contributed by atoms with Crippen molar-refractivity contribution in [2.45, 2.75) is 13.3 Å². The molecular formula is C22H20N2O3. The van der Waals surface area contributed by atoms with Crippen LogP contribution in [0.3, 0.4) is 0 Å². The third-order valence-electron chi connectivity index (χ3n) is 4.07. The van der Waals surface area contributed by atoms with Crippen LogP contribution < -0.4 is 5.43 Å². The summed E-state index contributed by atoms with van der Waals surface area (Å²) < 4.78 is 0. The maximum Gasteiger partial charge on any atom is 0.244 e. The lowest BCUT2D eigenvalue weighted by molar-refractivity contribution is -0.120. The van der Waals surface area contributed by atoms with Gasteiger partial charge in [-0.05, 0) is 53.9 Å². The quantitative estimate of drug-likeness (QED) is 0.478. The molecule has 0 fully saturated rings. The van der Waals surface area contributed by atoms with E-state index in [0.29, 0.717) is 5.56 Å². The largest absolute Gasteiger partial charge is 0.508 e. The van der Waals surface area contributed by atoms with Crippen molar-refractivity contribution in [3.05, 3.63) is 83.4 Å². The van der Waals surface area contributed by atoms with Gasteiger partial charge in [0.2, 0.25) is 5.91 Å². The Hall–Kier alpha value is -3.60. The fourth-order valence-electron chi connectivity index (χ4n) is 2.71. The first-order valence-electron chi connectivity index (χ1n) is 8.51. The van der Waals surface area contributed by atoms with E-state index in [1.165, 1.54) is 0 Å². The van der Waals surface area contributed by atoms with Crippen molar-refractivity contribution < 1.29 is 15.0 Å². The van der Waals surface area contributed by atoms with Gasteiger partial charge in [-0.15, -0.1) is 0 Å². The Labute approximate surface area is 157 Å². The number of nitrogens with zero attached hydrogens (tertiary/aromatic N) is 1. The van der Waals surface area contributed by atoms with Crippen LogP contribution in [0.2, 0.25) is 0 Å². The predicted octanol–water partition coefficient (Wildman–Crippen LogP) is 3.77. The summed E-state index contributed by atoms with van der Waals surface area (Å²) in [6.45, 7) is 2.01. The van der Waals surface area contributed by atoms with E-state index in [1.807, 2.05) is 31.2 Å². The topological polar surface area (TPSA) is 81.9 Å². The molecule has 136 valence electrons. The third kappa shape index (κ3) is 4.95. The number of aryl methyl sites for hydroxylation is 1. The van der Waals surface area contributed by atoms with E-state index in [9.17, 15) is 15.0 Å². The number of rotatable bonds is 5. The molecule has 0 heterocycles. The predicted molar refractivity (Wildman–Crippen MR) is 106 cm³/mol. The molecule has 1 amide bonds. The van der Waals surface area contributed by atoms with Gasteiger partial charge in [0.1, 0.15) is 11.5 Å². The monoisotopic (exact) mass is 360 g/mol. The number of carbonyl (C=O) groups is 1. The highest BCUT2D eigenvalue weighted by atomic mass is 16.3. The van der Waals surface area contributed by atoms with Crippen LogP contribution in [0, 0.1) is 6.92 Å². The summed E-state index contributed by atoms with van der Waals surface area (Å²) in [5.41, 5.74) is 6.88. The van der Waals surface area contributed by atoms with Crippen LogP contribution in [0.1, 0.15) is 16.7 Å². The van der Waals surface area contributed by atoms with Crippen molar-refractivity contribution >= 4 is 12.1 Å². The molecule has 3 N–H and O–H groups in total. The molecule has 0 saturated carbocycles. The number of carbonyl (C=O) groups excluding carboxylic acids is 1. The number of nitrogens with one attached hydrogen (secondary N) is 1. The van der Waals surface area contributed by atoms with Crippen LogP contribution >= 0.6 is 0 Å². The van der Waals surface area contributed by atoms with Gasteiger partial charge in [0.25, 0.3) is 0 Å². The number of hydrogen-bond acceptors (Lipinski definition) is 4. The zero-order valence-corrected chi connectivity index (χ0v) is 14.9. The maximum absolute atomic E-state index is 12.0. The first kappa shape index (κ1) is 18.2. The summed E-state index contributed by atoms with van der Waals surface area (Å²) in [5, 5.41) is 23.3. The van der Waals surface area contributed by atoms with Gasteiger partial charge >= 0.3 is 0 Å². The zero-order valence-electron chi connectivity index (χ0n) is 14.9. The molecule has 3 rings (SSSR count). The van der Waals surface area contributed by atoms with Gasteiger partial charge in [-0.1, -0.05) is 42.0 Å². The maximum atomic E-state index is 12.0. The molecule has 3 aromatic carbocycles. The summed E-state index contributed by atoms with van der Waals surface area (Å²) in [6, 6.07) is 19.5. The van der Waals surface area contributed by atoms with Gasteiger partial charge in [-0.25, -0.2) is 5.43 Å². The van der Waals surface area contributed by atoms with Crippen molar-refractivity contribution in [1.82, 2.24) is 5.43 Å². The third-order valence-corrected chi connectivity index (χ3v) is 4.07. The van der Waals surface area contributed by atoms with Crippen LogP contribution in [0.4, 0.5) is 0 Å². The van der Waals surface area contributed by atoms with E-state index >= 15 is 0 Å². The normalized spacial score (nSPS) is 10.9. The highest BCUT2D eigenvalue weighted by Crippen LogP contribution is 2.27. The van der Waals surface area contributed by atoms with Crippen molar-refractivity contribution in [2.24, 2.45) is 5.10 Å². The van der Waals surface area contributed by atoms with Crippen molar-refractivity contribution in [3.8, 4) is 22.6 Å². The van der Waals surface area contributed by atoms with E-state index in [-0.39, 0.29) is 23.8 Å². The fraction of sp³-hybridized carbons (Fsp3) is 0.0909. The molecule has 0 aromatic heterocycles. The summed E-state index contributed by atoms with van der Waals surface area (Å²) >= 11 is 0. The Bertz CT molecular complexity index is 979. The second-order valence-electron chi connectivity index (χ2n) is 6.28.